The number of aromatic amines is 1. The Bertz CT molecular complexity index is 598. The SMILES string of the molecule is O=c1[nH]cc(Br)c2ccc(OCC(F)F)cc12. The van der Waals surface area contributed by atoms with Crippen LogP contribution in [0.1, 0.15) is 0 Å². The van der Waals surface area contributed by atoms with Crippen LogP contribution in [0.5, 0.6) is 5.75 Å². The lowest BCUT2D eigenvalue weighted by Crippen LogP contribution is -2.08. The third-order valence-corrected chi connectivity index (χ3v) is 2.86. The Balaban J connectivity index is 2.43. The van der Waals surface area contributed by atoms with Gasteiger partial charge in [0.25, 0.3) is 12.0 Å². The number of fused-ring (bicyclic) bond motifs is 1. The Morgan fingerprint density at radius 2 is 2.12 bits per heavy atom. The molecule has 1 aromatic heterocycles. The van der Waals surface area contributed by atoms with Gasteiger partial charge in [-0.2, -0.15) is 0 Å². The maximum atomic E-state index is 12.0. The van der Waals surface area contributed by atoms with E-state index >= 15 is 0 Å². The molecule has 0 spiro atoms. The van der Waals surface area contributed by atoms with Gasteiger partial charge in [-0.1, -0.05) is 0 Å². The van der Waals surface area contributed by atoms with Gasteiger partial charge in [-0.05, 0) is 34.1 Å². The fourth-order valence-electron chi connectivity index (χ4n) is 1.45. The van der Waals surface area contributed by atoms with Crippen molar-refractivity contribution in [3.8, 4) is 5.75 Å². The second kappa shape index (κ2) is 4.83. The fraction of sp³-hybridized carbons (Fsp3) is 0.182. The first-order valence-corrected chi connectivity index (χ1v) is 5.59. The van der Waals surface area contributed by atoms with Gasteiger partial charge in [0, 0.05) is 16.1 Å². The highest BCUT2D eigenvalue weighted by molar-refractivity contribution is 9.10. The van der Waals surface area contributed by atoms with E-state index in [-0.39, 0.29) is 11.3 Å². The summed E-state index contributed by atoms with van der Waals surface area (Å²) in [6, 6.07) is 4.64. The molecule has 17 heavy (non-hydrogen) atoms. The Morgan fingerprint density at radius 3 is 2.82 bits per heavy atom. The summed E-state index contributed by atoms with van der Waals surface area (Å²) in [7, 11) is 0. The number of rotatable bonds is 3. The fourth-order valence-corrected chi connectivity index (χ4v) is 1.91. The molecule has 0 radical (unpaired) electrons. The monoisotopic (exact) mass is 303 g/mol. The Hall–Kier alpha value is -1.43. The number of hydrogen-bond donors (Lipinski definition) is 1. The van der Waals surface area contributed by atoms with Crippen LogP contribution >= 0.6 is 15.9 Å². The van der Waals surface area contributed by atoms with Crippen LogP contribution in [0.25, 0.3) is 10.8 Å². The Kier molecular flexibility index (Phi) is 3.42. The van der Waals surface area contributed by atoms with E-state index in [1.54, 1.807) is 12.1 Å². The highest BCUT2D eigenvalue weighted by Crippen LogP contribution is 2.24. The molecule has 0 unspecified atom stereocenters. The first-order valence-electron chi connectivity index (χ1n) is 4.80. The molecule has 0 saturated heterocycles. The largest absolute Gasteiger partial charge is 0.488 e. The van der Waals surface area contributed by atoms with Crippen molar-refractivity contribution in [2.75, 3.05) is 6.61 Å². The van der Waals surface area contributed by atoms with Crippen molar-refractivity contribution in [2.24, 2.45) is 0 Å². The Morgan fingerprint density at radius 1 is 1.35 bits per heavy atom. The maximum absolute atomic E-state index is 12.0. The minimum atomic E-state index is -2.54. The molecule has 0 aliphatic carbocycles. The molecule has 2 rings (SSSR count). The zero-order valence-electron chi connectivity index (χ0n) is 8.54. The summed E-state index contributed by atoms with van der Waals surface area (Å²) in [5.41, 5.74) is -0.286. The van der Waals surface area contributed by atoms with Crippen LogP contribution in [0.4, 0.5) is 8.78 Å². The number of hydrogen-bond acceptors (Lipinski definition) is 2. The van der Waals surface area contributed by atoms with Crippen molar-refractivity contribution in [1.82, 2.24) is 4.98 Å². The summed E-state index contributed by atoms with van der Waals surface area (Å²) in [5, 5.41) is 1.10. The van der Waals surface area contributed by atoms with Gasteiger partial charge in [0.1, 0.15) is 12.4 Å². The highest BCUT2D eigenvalue weighted by Gasteiger charge is 2.07. The molecule has 3 nitrogen and oxygen atoms in total. The van der Waals surface area contributed by atoms with Gasteiger partial charge < -0.3 is 9.72 Å². The second-order valence-corrected chi connectivity index (χ2v) is 4.23. The predicted molar refractivity (Wildman–Crippen MR) is 63.8 cm³/mol. The number of nitrogens with one attached hydrogen (secondary N) is 1. The van der Waals surface area contributed by atoms with Gasteiger partial charge in [0.05, 0.1) is 5.39 Å². The Labute approximate surface area is 104 Å². The summed E-state index contributed by atoms with van der Waals surface area (Å²) in [4.78, 5) is 14.1. The summed E-state index contributed by atoms with van der Waals surface area (Å²) in [5.74, 6) is 0.251. The van der Waals surface area contributed by atoms with Gasteiger partial charge in [0.2, 0.25) is 0 Å². The smallest absolute Gasteiger partial charge is 0.272 e. The van der Waals surface area contributed by atoms with E-state index < -0.39 is 13.0 Å². The van der Waals surface area contributed by atoms with Crippen molar-refractivity contribution < 1.29 is 13.5 Å². The van der Waals surface area contributed by atoms with E-state index in [1.165, 1.54) is 12.3 Å². The molecule has 2 aromatic rings. The third-order valence-electron chi connectivity index (χ3n) is 2.20. The first kappa shape index (κ1) is 12.0. The first-order chi connectivity index (χ1) is 8.08. The van der Waals surface area contributed by atoms with Gasteiger partial charge in [0.15, 0.2) is 0 Å². The van der Waals surface area contributed by atoms with Gasteiger partial charge in [-0.3, -0.25) is 4.79 Å². The quantitative estimate of drug-likeness (QED) is 0.947. The lowest BCUT2D eigenvalue weighted by Gasteiger charge is -2.06. The molecule has 1 N–H and O–H groups in total. The van der Waals surface area contributed by atoms with Crippen molar-refractivity contribution in [3.63, 3.8) is 0 Å². The van der Waals surface area contributed by atoms with E-state index in [1.807, 2.05) is 0 Å². The number of halogens is 3. The number of ether oxygens (including phenoxy) is 1. The van der Waals surface area contributed by atoms with E-state index in [9.17, 15) is 13.6 Å². The van der Waals surface area contributed by atoms with Crippen molar-refractivity contribution >= 4 is 26.7 Å². The number of pyridine rings is 1. The third kappa shape index (κ3) is 2.63. The number of aromatic nitrogens is 1. The van der Waals surface area contributed by atoms with Gasteiger partial charge in [-0.25, -0.2) is 8.78 Å². The van der Waals surface area contributed by atoms with Crippen molar-refractivity contribution in [1.29, 1.82) is 0 Å². The van der Waals surface area contributed by atoms with Crippen LogP contribution in [-0.4, -0.2) is 18.0 Å². The zero-order chi connectivity index (χ0) is 12.4. The zero-order valence-corrected chi connectivity index (χ0v) is 10.1. The molecular weight excluding hydrogens is 296 g/mol. The lowest BCUT2D eigenvalue weighted by atomic mass is 10.2. The lowest BCUT2D eigenvalue weighted by molar-refractivity contribution is 0.0820. The topological polar surface area (TPSA) is 42.1 Å². The van der Waals surface area contributed by atoms with E-state index in [2.05, 4.69) is 20.9 Å². The average Bonchev–Trinajstić information content (AvgIpc) is 2.31. The molecular formula is C11H8BrF2NO2. The summed E-state index contributed by atoms with van der Waals surface area (Å²) < 4.78 is 29.5. The van der Waals surface area contributed by atoms with Gasteiger partial charge in [-0.15, -0.1) is 0 Å². The predicted octanol–water partition coefficient (Wildman–Crippen LogP) is 2.93. The molecule has 0 aliphatic heterocycles. The highest BCUT2D eigenvalue weighted by atomic mass is 79.9. The van der Waals surface area contributed by atoms with Crippen LogP contribution in [-0.2, 0) is 0 Å². The molecule has 0 fully saturated rings. The molecule has 1 heterocycles. The molecule has 1 aromatic carbocycles. The number of H-pyrrole nitrogens is 1. The summed E-state index contributed by atoms with van der Waals surface area (Å²) in [6.07, 6.45) is -1.00. The minimum Gasteiger partial charge on any atom is -0.488 e. The molecule has 0 atom stereocenters. The molecule has 0 aliphatic rings. The minimum absolute atomic E-state index is 0.251. The standard InChI is InChI=1S/C11H8BrF2NO2/c12-9-4-15-11(16)8-3-6(1-2-7(8)9)17-5-10(13)14/h1-4,10H,5H2,(H,15,16). The van der Waals surface area contributed by atoms with Gasteiger partial charge >= 0.3 is 0 Å². The molecule has 0 amide bonds. The number of benzene rings is 1. The molecule has 0 saturated carbocycles. The van der Waals surface area contributed by atoms with Crippen molar-refractivity contribution in [2.45, 2.75) is 6.43 Å². The van der Waals surface area contributed by atoms with Crippen molar-refractivity contribution in [3.05, 3.63) is 39.2 Å². The maximum Gasteiger partial charge on any atom is 0.272 e. The number of alkyl halides is 2. The molecule has 6 heteroatoms. The van der Waals surface area contributed by atoms with E-state index in [4.69, 9.17) is 4.74 Å². The summed E-state index contributed by atoms with van der Waals surface area (Å²) in [6.45, 7) is -0.683. The van der Waals surface area contributed by atoms with Crippen LogP contribution < -0.4 is 10.3 Å². The average molecular weight is 304 g/mol. The molecule has 90 valence electrons. The van der Waals surface area contributed by atoms with E-state index in [0.717, 1.165) is 4.47 Å². The molecule has 0 bridgehead atoms. The van der Waals surface area contributed by atoms with E-state index in [0.29, 0.717) is 10.8 Å². The van der Waals surface area contributed by atoms with Crippen LogP contribution in [0.3, 0.4) is 0 Å². The van der Waals surface area contributed by atoms with Crippen LogP contribution in [0, 0.1) is 0 Å². The summed E-state index contributed by atoms with van der Waals surface area (Å²) >= 11 is 3.29. The van der Waals surface area contributed by atoms with Crippen LogP contribution in [0.15, 0.2) is 33.7 Å². The van der Waals surface area contributed by atoms with Crippen LogP contribution in [0.2, 0.25) is 0 Å². The normalized spacial score (nSPS) is 11.1. The second-order valence-electron chi connectivity index (χ2n) is 3.38.